The van der Waals surface area contributed by atoms with Gasteiger partial charge in [0.05, 0.1) is 11.1 Å². The lowest BCUT2D eigenvalue weighted by Gasteiger charge is -2.08. The molecule has 0 atom stereocenters. The van der Waals surface area contributed by atoms with Crippen molar-refractivity contribution in [2.24, 2.45) is 5.73 Å². The molecule has 0 aliphatic carbocycles. The molecule has 0 unspecified atom stereocenters. The number of hydrogen-bond acceptors (Lipinski definition) is 4. The number of primary amides is 1. The highest BCUT2D eigenvalue weighted by Crippen LogP contribution is 2.25. The molecule has 2 rings (SSSR count). The molecule has 4 N–H and O–H groups in total. The molecule has 0 radical (unpaired) electrons. The van der Waals surface area contributed by atoms with Crippen LogP contribution in [-0.2, 0) is 9.59 Å². The van der Waals surface area contributed by atoms with Gasteiger partial charge in [-0.2, -0.15) is 0 Å². The number of aromatic nitrogens is 1. The molecule has 6 nitrogen and oxygen atoms in total. The Hall–Kier alpha value is -2.89. The van der Waals surface area contributed by atoms with Gasteiger partial charge in [0.15, 0.2) is 0 Å². The van der Waals surface area contributed by atoms with Crippen LogP contribution in [0.25, 0.3) is 16.5 Å². The van der Waals surface area contributed by atoms with Gasteiger partial charge in [-0.25, -0.2) is 4.79 Å². The summed E-state index contributed by atoms with van der Waals surface area (Å²) in [5, 5.41) is 18.9. The number of carboxylic acid groups (broad SMARTS) is 1. The van der Waals surface area contributed by atoms with E-state index in [0.29, 0.717) is 10.9 Å². The lowest BCUT2D eigenvalue weighted by molar-refractivity contribution is -0.135. The molecule has 0 aliphatic heterocycles. The number of rotatable bonds is 3. The Morgan fingerprint density at radius 2 is 1.79 bits per heavy atom. The summed E-state index contributed by atoms with van der Waals surface area (Å²) in [7, 11) is 0. The van der Waals surface area contributed by atoms with Crippen LogP contribution in [0.4, 0.5) is 0 Å². The number of carbonyl (C=O) groups excluding carboxylic acids is 1. The van der Waals surface area contributed by atoms with Crippen LogP contribution >= 0.6 is 0 Å². The second-order valence-corrected chi connectivity index (χ2v) is 3.77. The van der Waals surface area contributed by atoms with E-state index in [9.17, 15) is 14.7 Å². The number of carbonyl (C=O) groups is 2. The molecule has 0 fully saturated rings. The van der Waals surface area contributed by atoms with Gasteiger partial charge in [0.1, 0.15) is 0 Å². The second kappa shape index (κ2) is 4.77. The summed E-state index contributed by atoms with van der Waals surface area (Å²) in [5.41, 5.74) is 5.52. The quantitative estimate of drug-likeness (QED) is 0.563. The molecule has 0 spiro atoms. The van der Waals surface area contributed by atoms with Crippen molar-refractivity contribution < 1.29 is 19.8 Å². The van der Waals surface area contributed by atoms with Crippen LogP contribution in [0, 0.1) is 0 Å². The average Bonchev–Trinajstić information content (AvgIpc) is 2.38. The molecule has 1 aromatic heterocycles. The molecule has 0 bridgehead atoms. The molecule has 1 amide bonds. The number of pyridine rings is 1. The molecule has 0 aliphatic rings. The number of amides is 1. The zero-order valence-corrected chi connectivity index (χ0v) is 9.70. The number of benzene rings is 1. The number of nitrogens with zero attached hydrogens (tertiary/aromatic N) is 1. The third kappa shape index (κ3) is 2.23. The lowest BCUT2D eigenvalue weighted by atomic mass is 9.99. The third-order valence-corrected chi connectivity index (χ3v) is 2.60. The number of carboxylic acids is 1. The van der Waals surface area contributed by atoms with Gasteiger partial charge in [-0.05, 0) is 12.1 Å². The molecule has 96 valence electrons. The van der Waals surface area contributed by atoms with Crippen LogP contribution in [0.15, 0.2) is 42.3 Å². The zero-order chi connectivity index (χ0) is 14.0. The van der Waals surface area contributed by atoms with E-state index in [1.807, 2.05) is 0 Å². The van der Waals surface area contributed by atoms with Crippen LogP contribution in [0.1, 0.15) is 5.56 Å². The Balaban J connectivity index is 2.82. The third-order valence-electron chi connectivity index (χ3n) is 2.60. The first-order valence-electron chi connectivity index (χ1n) is 5.33. The average molecular weight is 258 g/mol. The van der Waals surface area contributed by atoms with Crippen LogP contribution < -0.4 is 5.73 Å². The predicted octanol–water partition coefficient (Wildman–Crippen LogP) is 1.07. The van der Waals surface area contributed by atoms with Crippen LogP contribution in [0.3, 0.4) is 0 Å². The van der Waals surface area contributed by atoms with E-state index < -0.39 is 23.2 Å². The maximum atomic E-state index is 11.4. The van der Waals surface area contributed by atoms with E-state index in [4.69, 9.17) is 10.8 Å². The Morgan fingerprint density at radius 1 is 1.11 bits per heavy atom. The minimum absolute atomic E-state index is 0.234. The highest BCUT2D eigenvalue weighted by atomic mass is 16.4. The van der Waals surface area contributed by atoms with Gasteiger partial charge < -0.3 is 15.9 Å². The molecule has 6 heteroatoms. The van der Waals surface area contributed by atoms with Crippen molar-refractivity contribution in [3.63, 3.8) is 0 Å². The Kier molecular flexibility index (Phi) is 3.15. The van der Waals surface area contributed by atoms with Crippen LogP contribution in [0.2, 0.25) is 0 Å². The van der Waals surface area contributed by atoms with E-state index in [0.717, 1.165) is 0 Å². The van der Waals surface area contributed by atoms with Crippen molar-refractivity contribution in [2.45, 2.75) is 0 Å². The summed E-state index contributed by atoms with van der Waals surface area (Å²) in [6.45, 7) is 0. The van der Waals surface area contributed by atoms with Crippen molar-refractivity contribution in [2.75, 3.05) is 0 Å². The summed E-state index contributed by atoms with van der Waals surface area (Å²) in [5.74, 6) is -3.71. The van der Waals surface area contributed by atoms with Crippen LogP contribution in [0.5, 0.6) is 0 Å². The Bertz CT molecular complexity index is 701. The molecule has 0 saturated carbocycles. The molecule has 1 aromatic carbocycles. The van der Waals surface area contributed by atoms with E-state index in [2.05, 4.69) is 4.98 Å². The van der Waals surface area contributed by atoms with Gasteiger partial charge in [-0.1, -0.05) is 18.2 Å². The number of aliphatic hydroxyl groups excluding tert-OH is 1. The Labute approximate surface area is 107 Å². The molecule has 19 heavy (non-hydrogen) atoms. The fraction of sp³-hybridized carbons (Fsp3) is 0. The number of aliphatic carboxylic acids is 1. The first-order chi connectivity index (χ1) is 9.02. The molecule has 1 heterocycles. The van der Waals surface area contributed by atoms with Gasteiger partial charge in [0, 0.05) is 17.1 Å². The molecule has 0 saturated heterocycles. The highest BCUT2D eigenvalue weighted by molar-refractivity contribution is 6.26. The first-order valence-corrected chi connectivity index (χ1v) is 5.33. The monoisotopic (exact) mass is 258 g/mol. The van der Waals surface area contributed by atoms with E-state index in [1.165, 1.54) is 12.3 Å². The predicted molar refractivity (Wildman–Crippen MR) is 68.1 cm³/mol. The van der Waals surface area contributed by atoms with Gasteiger partial charge >= 0.3 is 5.97 Å². The topological polar surface area (TPSA) is 114 Å². The SMILES string of the molecule is NC(=O)C(=C(O)C(=O)O)c1ccnc2ccccc12. The number of fused-ring (bicyclic) bond motifs is 1. The maximum absolute atomic E-state index is 11.4. The molecule has 2 aromatic rings. The van der Waals surface area contributed by atoms with E-state index >= 15 is 0 Å². The minimum Gasteiger partial charge on any atom is -0.501 e. The number of para-hydroxylation sites is 1. The first kappa shape index (κ1) is 12.6. The lowest BCUT2D eigenvalue weighted by Crippen LogP contribution is -2.18. The van der Waals surface area contributed by atoms with Crippen molar-refractivity contribution in [1.29, 1.82) is 0 Å². The fourth-order valence-electron chi connectivity index (χ4n) is 1.80. The van der Waals surface area contributed by atoms with Gasteiger partial charge in [-0.3, -0.25) is 9.78 Å². The van der Waals surface area contributed by atoms with E-state index in [1.54, 1.807) is 24.3 Å². The molecular formula is C13H10N2O4. The summed E-state index contributed by atoms with van der Waals surface area (Å²) < 4.78 is 0. The van der Waals surface area contributed by atoms with Gasteiger partial charge in [0.25, 0.3) is 5.91 Å². The summed E-state index contributed by atoms with van der Waals surface area (Å²) in [6, 6.07) is 8.26. The minimum atomic E-state index is -1.62. The standard InChI is InChI=1S/C13H10N2O4/c14-12(17)10(11(16)13(18)19)8-5-6-15-9-4-2-1-3-7(8)9/h1-6,16H,(H2,14,17)(H,18,19). The van der Waals surface area contributed by atoms with E-state index in [-0.39, 0.29) is 5.56 Å². The highest BCUT2D eigenvalue weighted by Gasteiger charge is 2.21. The van der Waals surface area contributed by atoms with Crippen LogP contribution in [-0.4, -0.2) is 27.1 Å². The number of hydrogen-bond donors (Lipinski definition) is 3. The smallest absolute Gasteiger partial charge is 0.371 e. The summed E-state index contributed by atoms with van der Waals surface area (Å²) in [6.07, 6.45) is 1.41. The largest absolute Gasteiger partial charge is 0.501 e. The zero-order valence-electron chi connectivity index (χ0n) is 9.70. The molecular weight excluding hydrogens is 248 g/mol. The van der Waals surface area contributed by atoms with Crippen molar-refractivity contribution in [1.82, 2.24) is 4.98 Å². The second-order valence-electron chi connectivity index (χ2n) is 3.77. The fourth-order valence-corrected chi connectivity index (χ4v) is 1.80. The van der Waals surface area contributed by atoms with Crippen molar-refractivity contribution in [3.8, 4) is 0 Å². The Morgan fingerprint density at radius 3 is 2.42 bits per heavy atom. The summed E-state index contributed by atoms with van der Waals surface area (Å²) >= 11 is 0. The summed E-state index contributed by atoms with van der Waals surface area (Å²) in [4.78, 5) is 26.3. The van der Waals surface area contributed by atoms with Crippen molar-refractivity contribution >= 4 is 28.4 Å². The normalized spacial score (nSPS) is 12.0. The number of nitrogens with two attached hydrogens (primary N) is 1. The number of aliphatic hydroxyl groups is 1. The van der Waals surface area contributed by atoms with Gasteiger partial charge in [-0.15, -0.1) is 0 Å². The maximum Gasteiger partial charge on any atom is 0.371 e. The van der Waals surface area contributed by atoms with Crippen molar-refractivity contribution in [3.05, 3.63) is 47.9 Å². The van der Waals surface area contributed by atoms with Gasteiger partial charge in [0.2, 0.25) is 5.76 Å².